The Bertz CT molecular complexity index is 519. The maximum atomic E-state index is 10.8. The van der Waals surface area contributed by atoms with E-state index in [2.05, 4.69) is 21.0 Å². The fourth-order valence-corrected chi connectivity index (χ4v) is 2.09. The molecule has 5 heteroatoms. The summed E-state index contributed by atoms with van der Waals surface area (Å²) in [6.07, 6.45) is -1.07. The van der Waals surface area contributed by atoms with Gasteiger partial charge >= 0.3 is 6.09 Å². The number of carbonyl (C=O) groups is 1. The van der Waals surface area contributed by atoms with Crippen molar-refractivity contribution in [2.75, 3.05) is 0 Å². The molecular formula is C9H7BrN2O2. The largest absolute Gasteiger partial charge is 0.463 e. The van der Waals surface area contributed by atoms with Gasteiger partial charge in [0.2, 0.25) is 0 Å². The minimum absolute atomic E-state index is 0.601. The first kappa shape index (κ1) is 9.21. The Hall–Kier alpha value is -1.36. The number of aromatic nitrogens is 2. The number of nitrogens with zero attached hydrogens (tertiary/aromatic N) is 2. The highest BCUT2D eigenvalue weighted by Crippen LogP contribution is 2.26. The van der Waals surface area contributed by atoms with Crippen LogP contribution in [0.4, 0.5) is 4.79 Å². The van der Waals surface area contributed by atoms with E-state index < -0.39 is 6.09 Å². The molecule has 0 amide bonds. The molecule has 1 N–H and O–H groups in total. The van der Waals surface area contributed by atoms with Crippen LogP contribution in [0.5, 0.6) is 0 Å². The number of hydrogen-bond acceptors (Lipinski definition) is 2. The third kappa shape index (κ3) is 1.21. The van der Waals surface area contributed by atoms with E-state index in [9.17, 15) is 4.79 Å². The average molecular weight is 255 g/mol. The zero-order valence-corrected chi connectivity index (χ0v) is 8.95. The Morgan fingerprint density at radius 1 is 1.57 bits per heavy atom. The number of hydrogen-bond donors (Lipinski definition) is 1. The summed E-state index contributed by atoms with van der Waals surface area (Å²) >= 11 is 3.36. The Morgan fingerprint density at radius 3 is 2.93 bits per heavy atom. The van der Waals surface area contributed by atoms with Gasteiger partial charge in [-0.25, -0.2) is 4.79 Å². The first-order valence-electron chi connectivity index (χ1n) is 3.98. The standard InChI is InChI=1S/C9H7BrN2O2/c1-5-8-6(10)3-2-4-7(8)12(11-5)9(13)14/h2-4H,1H3,(H,13,14). The third-order valence-electron chi connectivity index (χ3n) is 2.01. The molecule has 0 radical (unpaired) electrons. The molecule has 0 aliphatic carbocycles. The van der Waals surface area contributed by atoms with Gasteiger partial charge in [-0.05, 0) is 19.1 Å². The highest BCUT2D eigenvalue weighted by Gasteiger charge is 2.13. The lowest BCUT2D eigenvalue weighted by Crippen LogP contribution is -2.09. The quantitative estimate of drug-likeness (QED) is 0.787. The van der Waals surface area contributed by atoms with Gasteiger partial charge in [-0.3, -0.25) is 0 Å². The van der Waals surface area contributed by atoms with Crippen LogP contribution in [-0.2, 0) is 0 Å². The number of halogens is 1. The summed E-state index contributed by atoms with van der Waals surface area (Å²) in [5, 5.41) is 13.7. The Kier molecular flexibility index (Phi) is 2.03. The number of fused-ring (bicyclic) bond motifs is 1. The first-order chi connectivity index (χ1) is 6.61. The molecule has 0 fully saturated rings. The van der Waals surface area contributed by atoms with Gasteiger partial charge in [0, 0.05) is 9.86 Å². The van der Waals surface area contributed by atoms with Crippen LogP contribution < -0.4 is 0 Å². The summed E-state index contributed by atoms with van der Waals surface area (Å²) in [7, 11) is 0. The van der Waals surface area contributed by atoms with Crippen molar-refractivity contribution in [3.8, 4) is 0 Å². The van der Waals surface area contributed by atoms with Crippen molar-refractivity contribution in [2.24, 2.45) is 0 Å². The second kappa shape index (κ2) is 3.09. The highest BCUT2D eigenvalue weighted by molar-refractivity contribution is 9.10. The van der Waals surface area contributed by atoms with Gasteiger partial charge < -0.3 is 5.11 Å². The van der Waals surface area contributed by atoms with E-state index in [1.807, 2.05) is 6.07 Å². The molecule has 0 saturated heterocycles. The Labute approximate surface area is 88.3 Å². The Balaban J connectivity index is 2.91. The van der Waals surface area contributed by atoms with Gasteiger partial charge in [0.05, 0.1) is 11.2 Å². The summed E-state index contributed by atoms with van der Waals surface area (Å²) in [6.45, 7) is 1.78. The number of rotatable bonds is 0. The van der Waals surface area contributed by atoms with E-state index in [0.717, 1.165) is 14.5 Å². The van der Waals surface area contributed by atoms with Crippen molar-refractivity contribution < 1.29 is 9.90 Å². The monoisotopic (exact) mass is 254 g/mol. The van der Waals surface area contributed by atoms with Crippen LogP contribution in [0, 0.1) is 6.92 Å². The summed E-state index contributed by atoms with van der Waals surface area (Å²) in [5.74, 6) is 0. The van der Waals surface area contributed by atoms with Crippen molar-refractivity contribution in [1.82, 2.24) is 9.78 Å². The van der Waals surface area contributed by atoms with Crippen LogP contribution in [0.25, 0.3) is 10.9 Å². The van der Waals surface area contributed by atoms with Gasteiger partial charge in [0.25, 0.3) is 0 Å². The topological polar surface area (TPSA) is 55.1 Å². The molecule has 1 heterocycles. The lowest BCUT2D eigenvalue weighted by atomic mass is 10.2. The van der Waals surface area contributed by atoms with Crippen LogP contribution in [0.3, 0.4) is 0 Å². The molecule has 2 rings (SSSR count). The minimum Gasteiger partial charge on any atom is -0.463 e. The van der Waals surface area contributed by atoms with Gasteiger partial charge in [-0.15, -0.1) is 0 Å². The normalized spacial score (nSPS) is 10.7. The van der Waals surface area contributed by atoms with E-state index in [-0.39, 0.29) is 0 Å². The average Bonchev–Trinajstić information content (AvgIpc) is 2.45. The molecule has 72 valence electrons. The molecule has 1 aromatic carbocycles. The fraction of sp³-hybridized carbons (Fsp3) is 0.111. The van der Waals surface area contributed by atoms with Crippen molar-refractivity contribution in [1.29, 1.82) is 0 Å². The van der Waals surface area contributed by atoms with Crippen molar-refractivity contribution in [3.63, 3.8) is 0 Å². The minimum atomic E-state index is -1.07. The highest BCUT2D eigenvalue weighted by atomic mass is 79.9. The van der Waals surface area contributed by atoms with E-state index in [0.29, 0.717) is 11.2 Å². The number of aryl methyl sites for hydroxylation is 1. The smallest absolute Gasteiger partial charge is 0.432 e. The van der Waals surface area contributed by atoms with Crippen LogP contribution >= 0.6 is 15.9 Å². The number of carboxylic acid groups (broad SMARTS) is 1. The molecule has 4 nitrogen and oxygen atoms in total. The molecular weight excluding hydrogens is 248 g/mol. The molecule has 0 saturated carbocycles. The predicted octanol–water partition coefficient (Wildman–Crippen LogP) is 2.63. The lowest BCUT2D eigenvalue weighted by molar-refractivity contribution is 0.194. The predicted molar refractivity (Wildman–Crippen MR) is 55.6 cm³/mol. The SMILES string of the molecule is Cc1nn(C(=O)O)c2cccc(Br)c12. The molecule has 0 atom stereocenters. The maximum absolute atomic E-state index is 10.8. The lowest BCUT2D eigenvalue weighted by Gasteiger charge is -1.95. The van der Waals surface area contributed by atoms with E-state index >= 15 is 0 Å². The molecule has 0 spiro atoms. The summed E-state index contributed by atoms with van der Waals surface area (Å²) in [6, 6.07) is 5.38. The molecule has 0 unspecified atom stereocenters. The van der Waals surface area contributed by atoms with Crippen LogP contribution in [-0.4, -0.2) is 21.0 Å². The van der Waals surface area contributed by atoms with Crippen molar-refractivity contribution >= 4 is 32.9 Å². The van der Waals surface area contributed by atoms with Gasteiger partial charge in [0.15, 0.2) is 0 Å². The van der Waals surface area contributed by atoms with Crippen molar-refractivity contribution in [2.45, 2.75) is 6.92 Å². The van der Waals surface area contributed by atoms with E-state index in [1.165, 1.54) is 0 Å². The van der Waals surface area contributed by atoms with E-state index in [4.69, 9.17) is 5.11 Å². The number of benzene rings is 1. The van der Waals surface area contributed by atoms with Gasteiger partial charge in [0.1, 0.15) is 0 Å². The van der Waals surface area contributed by atoms with Gasteiger partial charge in [-0.2, -0.15) is 9.78 Å². The van der Waals surface area contributed by atoms with Gasteiger partial charge in [-0.1, -0.05) is 22.0 Å². The zero-order chi connectivity index (χ0) is 10.3. The van der Waals surface area contributed by atoms with Crippen LogP contribution in [0.15, 0.2) is 22.7 Å². The Morgan fingerprint density at radius 2 is 2.29 bits per heavy atom. The third-order valence-corrected chi connectivity index (χ3v) is 2.67. The second-order valence-corrected chi connectivity index (χ2v) is 3.77. The molecule has 0 aliphatic heterocycles. The summed E-state index contributed by atoms with van der Waals surface area (Å²) in [4.78, 5) is 10.8. The molecule has 0 bridgehead atoms. The molecule has 14 heavy (non-hydrogen) atoms. The summed E-state index contributed by atoms with van der Waals surface area (Å²) in [5.41, 5.74) is 1.30. The fourth-order valence-electron chi connectivity index (χ4n) is 1.45. The molecule has 0 aliphatic rings. The zero-order valence-electron chi connectivity index (χ0n) is 7.36. The molecule has 2 aromatic rings. The first-order valence-corrected chi connectivity index (χ1v) is 4.77. The molecule has 1 aromatic heterocycles. The van der Waals surface area contributed by atoms with Crippen molar-refractivity contribution in [3.05, 3.63) is 28.4 Å². The van der Waals surface area contributed by atoms with Crippen LogP contribution in [0.2, 0.25) is 0 Å². The maximum Gasteiger partial charge on any atom is 0.432 e. The van der Waals surface area contributed by atoms with E-state index in [1.54, 1.807) is 19.1 Å². The second-order valence-electron chi connectivity index (χ2n) is 2.91. The summed E-state index contributed by atoms with van der Waals surface area (Å²) < 4.78 is 1.84. The van der Waals surface area contributed by atoms with Crippen LogP contribution in [0.1, 0.15) is 5.69 Å².